The molecule has 0 aliphatic carbocycles. The van der Waals surface area contributed by atoms with Crippen molar-refractivity contribution in [3.05, 3.63) is 96.2 Å². The Hall–Kier alpha value is -4.12. The fourth-order valence-electron chi connectivity index (χ4n) is 3.50. The number of nitrogens with zero attached hydrogens (tertiary/aromatic N) is 4. The number of pyridine rings is 1. The minimum absolute atomic E-state index is 0.453. The van der Waals surface area contributed by atoms with Gasteiger partial charge in [-0.05, 0) is 25.1 Å². The number of hydrazone groups is 1. The maximum absolute atomic E-state index is 4.75. The molecule has 0 spiro atoms. The van der Waals surface area contributed by atoms with Crippen molar-refractivity contribution in [2.75, 3.05) is 5.43 Å². The molecule has 30 heavy (non-hydrogen) atoms. The lowest BCUT2D eigenvalue weighted by Crippen LogP contribution is -2.00. The Morgan fingerprint density at radius 2 is 1.73 bits per heavy atom. The third-order valence-corrected chi connectivity index (χ3v) is 4.93. The molecular formula is C25H19N5. The summed E-state index contributed by atoms with van der Waals surface area (Å²) in [5.74, 6) is 0.453. The van der Waals surface area contributed by atoms with Gasteiger partial charge in [0.1, 0.15) is 0 Å². The molecule has 0 aliphatic heterocycles. The van der Waals surface area contributed by atoms with Gasteiger partial charge >= 0.3 is 0 Å². The average Bonchev–Trinajstić information content (AvgIpc) is 2.79. The highest BCUT2D eigenvalue weighted by atomic mass is 15.3. The summed E-state index contributed by atoms with van der Waals surface area (Å²) >= 11 is 0. The lowest BCUT2D eigenvalue weighted by molar-refractivity contribution is 1.15. The Morgan fingerprint density at radius 3 is 2.63 bits per heavy atom. The lowest BCUT2D eigenvalue weighted by atomic mass is 10.0. The molecule has 3 aromatic carbocycles. The van der Waals surface area contributed by atoms with E-state index in [4.69, 9.17) is 4.98 Å². The molecular weight excluding hydrogens is 370 g/mol. The molecule has 5 rings (SSSR count). The summed E-state index contributed by atoms with van der Waals surface area (Å²) < 4.78 is 0. The number of para-hydroxylation sites is 1. The molecule has 5 aromatic rings. The van der Waals surface area contributed by atoms with E-state index in [2.05, 4.69) is 51.7 Å². The third kappa shape index (κ3) is 3.49. The number of aryl methyl sites for hydroxylation is 1. The highest BCUT2D eigenvalue weighted by molar-refractivity contribution is 5.97. The van der Waals surface area contributed by atoms with Crippen LogP contribution in [0.25, 0.3) is 33.1 Å². The van der Waals surface area contributed by atoms with Gasteiger partial charge in [0.2, 0.25) is 5.95 Å². The maximum Gasteiger partial charge on any atom is 0.244 e. The second-order valence-corrected chi connectivity index (χ2v) is 7.07. The van der Waals surface area contributed by atoms with E-state index < -0.39 is 0 Å². The summed E-state index contributed by atoms with van der Waals surface area (Å²) in [7, 11) is 0. The molecule has 0 fully saturated rings. The van der Waals surface area contributed by atoms with Crippen LogP contribution >= 0.6 is 0 Å². The standard InChI is InChI=1S/C25H19N5/c1-17-12-13-22-21(15-17)24(19-7-3-2-4-8-19)29-25(28-22)30-27-16-20-10-5-9-18-11-6-14-26-23(18)20/h2-16H,1H3,(H,28,29,30). The summed E-state index contributed by atoms with van der Waals surface area (Å²) in [5, 5.41) is 6.48. The molecule has 0 bridgehead atoms. The van der Waals surface area contributed by atoms with Crippen LogP contribution in [0.5, 0.6) is 0 Å². The van der Waals surface area contributed by atoms with Crippen LogP contribution in [0.2, 0.25) is 0 Å². The van der Waals surface area contributed by atoms with Gasteiger partial charge in [0.25, 0.3) is 0 Å². The number of anilines is 1. The first-order chi connectivity index (χ1) is 14.8. The predicted octanol–water partition coefficient (Wildman–Crippen LogP) is 5.60. The van der Waals surface area contributed by atoms with E-state index in [1.165, 1.54) is 5.56 Å². The molecule has 2 aromatic heterocycles. The van der Waals surface area contributed by atoms with Crippen LogP contribution in [0.15, 0.2) is 90.2 Å². The Morgan fingerprint density at radius 1 is 0.867 bits per heavy atom. The van der Waals surface area contributed by atoms with Crippen LogP contribution in [0.1, 0.15) is 11.1 Å². The molecule has 5 nitrogen and oxygen atoms in total. The third-order valence-electron chi connectivity index (χ3n) is 4.93. The van der Waals surface area contributed by atoms with Gasteiger partial charge in [-0.25, -0.2) is 15.4 Å². The van der Waals surface area contributed by atoms with Gasteiger partial charge in [-0.2, -0.15) is 5.10 Å². The maximum atomic E-state index is 4.75. The average molecular weight is 389 g/mol. The number of aromatic nitrogens is 3. The van der Waals surface area contributed by atoms with E-state index >= 15 is 0 Å². The molecule has 0 unspecified atom stereocenters. The van der Waals surface area contributed by atoms with Crippen LogP contribution in [-0.4, -0.2) is 21.2 Å². The summed E-state index contributed by atoms with van der Waals surface area (Å²) in [6.45, 7) is 2.07. The van der Waals surface area contributed by atoms with Crippen LogP contribution in [0.3, 0.4) is 0 Å². The second kappa shape index (κ2) is 7.72. The molecule has 0 radical (unpaired) electrons. The van der Waals surface area contributed by atoms with Crippen molar-refractivity contribution >= 4 is 34.0 Å². The van der Waals surface area contributed by atoms with E-state index in [1.54, 1.807) is 12.4 Å². The van der Waals surface area contributed by atoms with Crippen molar-refractivity contribution in [1.29, 1.82) is 0 Å². The van der Waals surface area contributed by atoms with Gasteiger partial charge in [-0.15, -0.1) is 0 Å². The van der Waals surface area contributed by atoms with Crippen molar-refractivity contribution < 1.29 is 0 Å². The summed E-state index contributed by atoms with van der Waals surface area (Å²) in [6.07, 6.45) is 3.54. The highest BCUT2D eigenvalue weighted by Gasteiger charge is 2.10. The monoisotopic (exact) mass is 389 g/mol. The molecule has 144 valence electrons. The van der Waals surface area contributed by atoms with E-state index in [0.29, 0.717) is 5.95 Å². The van der Waals surface area contributed by atoms with E-state index in [0.717, 1.165) is 38.6 Å². The number of nitrogens with one attached hydrogen (secondary N) is 1. The highest BCUT2D eigenvalue weighted by Crippen LogP contribution is 2.28. The van der Waals surface area contributed by atoms with Crippen LogP contribution in [0, 0.1) is 6.92 Å². The van der Waals surface area contributed by atoms with Gasteiger partial charge < -0.3 is 0 Å². The lowest BCUT2D eigenvalue weighted by Gasteiger charge is -2.09. The van der Waals surface area contributed by atoms with Crippen LogP contribution in [0.4, 0.5) is 5.95 Å². The minimum Gasteiger partial charge on any atom is -0.256 e. The van der Waals surface area contributed by atoms with Crippen molar-refractivity contribution in [3.8, 4) is 11.3 Å². The molecule has 0 atom stereocenters. The van der Waals surface area contributed by atoms with Crippen LogP contribution in [-0.2, 0) is 0 Å². The molecule has 0 saturated carbocycles. The zero-order chi connectivity index (χ0) is 20.3. The summed E-state index contributed by atoms with van der Waals surface area (Å²) in [4.78, 5) is 13.9. The van der Waals surface area contributed by atoms with Gasteiger partial charge in [-0.3, -0.25) is 4.98 Å². The van der Waals surface area contributed by atoms with E-state index in [-0.39, 0.29) is 0 Å². The molecule has 5 heteroatoms. The number of hydrogen-bond acceptors (Lipinski definition) is 5. The van der Waals surface area contributed by atoms with Crippen molar-refractivity contribution in [2.45, 2.75) is 6.92 Å². The van der Waals surface area contributed by atoms with Crippen molar-refractivity contribution in [2.24, 2.45) is 5.10 Å². The summed E-state index contributed by atoms with van der Waals surface area (Å²) in [5.41, 5.74) is 8.80. The first-order valence-electron chi connectivity index (χ1n) is 9.74. The Kier molecular flexibility index (Phi) is 4.62. The number of rotatable bonds is 4. The van der Waals surface area contributed by atoms with E-state index in [9.17, 15) is 0 Å². The predicted molar refractivity (Wildman–Crippen MR) is 123 cm³/mol. The Bertz CT molecular complexity index is 1370. The molecule has 0 amide bonds. The fourth-order valence-corrected chi connectivity index (χ4v) is 3.50. The normalized spacial score (nSPS) is 11.4. The first kappa shape index (κ1) is 17.9. The van der Waals surface area contributed by atoms with Gasteiger partial charge in [0.15, 0.2) is 0 Å². The smallest absolute Gasteiger partial charge is 0.244 e. The molecule has 0 saturated heterocycles. The topological polar surface area (TPSA) is 63.1 Å². The van der Waals surface area contributed by atoms with Gasteiger partial charge in [0, 0.05) is 28.1 Å². The molecule has 2 heterocycles. The zero-order valence-corrected chi connectivity index (χ0v) is 16.4. The first-order valence-corrected chi connectivity index (χ1v) is 9.74. The fraction of sp³-hybridized carbons (Fsp3) is 0.0400. The second-order valence-electron chi connectivity index (χ2n) is 7.07. The summed E-state index contributed by atoms with van der Waals surface area (Å²) in [6, 6.07) is 26.3. The molecule has 1 N–H and O–H groups in total. The number of benzene rings is 3. The van der Waals surface area contributed by atoms with Gasteiger partial charge in [-0.1, -0.05) is 66.2 Å². The Labute approximate surface area is 174 Å². The zero-order valence-electron chi connectivity index (χ0n) is 16.4. The Balaban J connectivity index is 1.53. The number of hydrogen-bond donors (Lipinski definition) is 1. The minimum atomic E-state index is 0.453. The quantitative estimate of drug-likeness (QED) is 0.321. The van der Waals surface area contributed by atoms with Crippen molar-refractivity contribution in [3.63, 3.8) is 0 Å². The SMILES string of the molecule is Cc1ccc2nc(NN=Cc3cccc4cccnc34)nc(-c3ccccc3)c2c1. The number of fused-ring (bicyclic) bond motifs is 2. The van der Waals surface area contributed by atoms with E-state index in [1.807, 2.05) is 54.6 Å². The largest absolute Gasteiger partial charge is 0.256 e. The molecule has 0 aliphatic rings. The van der Waals surface area contributed by atoms with Crippen LogP contribution < -0.4 is 5.43 Å². The van der Waals surface area contributed by atoms with Gasteiger partial charge in [0.05, 0.1) is 22.9 Å². The van der Waals surface area contributed by atoms with Crippen molar-refractivity contribution in [1.82, 2.24) is 15.0 Å².